The molecule has 0 amide bonds. The molecule has 1 saturated heterocycles. The highest BCUT2D eigenvalue weighted by Crippen LogP contribution is 2.45. The van der Waals surface area contributed by atoms with Gasteiger partial charge in [-0.05, 0) is 31.5 Å². The average Bonchev–Trinajstić information content (AvgIpc) is 2.71. The summed E-state index contributed by atoms with van der Waals surface area (Å²) < 4.78 is 6.26. The third-order valence-corrected chi connectivity index (χ3v) is 5.25. The fourth-order valence-corrected chi connectivity index (χ4v) is 4.39. The molecule has 1 heterocycles. The Morgan fingerprint density at radius 1 is 1.13 bits per heavy atom. The van der Waals surface area contributed by atoms with Crippen molar-refractivity contribution in [2.75, 3.05) is 11.5 Å². The summed E-state index contributed by atoms with van der Waals surface area (Å²) in [6.07, 6.45) is 0.256. The predicted octanol–water partition coefficient (Wildman–Crippen LogP) is 3.95. The van der Waals surface area contributed by atoms with Crippen molar-refractivity contribution in [1.29, 1.82) is 0 Å². The van der Waals surface area contributed by atoms with Gasteiger partial charge < -0.3 is 4.74 Å². The summed E-state index contributed by atoms with van der Waals surface area (Å²) in [5.41, 5.74) is 1.42. The van der Waals surface area contributed by atoms with Crippen LogP contribution < -0.4 is 4.74 Å². The zero-order valence-electron chi connectivity index (χ0n) is 9.10. The molecule has 0 atom stereocenters. The van der Waals surface area contributed by atoms with Gasteiger partial charge in [0.2, 0.25) is 0 Å². The summed E-state index contributed by atoms with van der Waals surface area (Å²) in [5.74, 6) is 3.53. The molecule has 2 rings (SSSR count). The molecule has 3 heteroatoms. The van der Waals surface area contributed by atoms with Crippen LogP contribution in [0.1, 0.15) is 24.0 Å². The first-order valence-electron chi connectivity index (χ1n) is 5.25. The maximum Gasteiger partial charge on any atom is 0.119 e. The van der Waals surface area contributed by atoms with Crippen molar-refractivity contribution in [3.8, 4) is 5.75 Å². The van der Waals surface area contributed by atoms with Crippen LogP contribution in [-0.4, -0.2) is 17.6 Å². The Kier molecular flexibility index (Phi) is 3.87. The Bertz CT molecular complexity index is 302. The summed E-state index contributed by atoms with van der Waals surface area (Å²) in [7, 11) is 0. The third-order valence-electron chi connectivity index (χ3n) is 2.15. The van der Waals surface area contributed by atoms with Crippen LogP contribution in [0, 0.1) is 0 Å². The topological polar surface area (TPSA) is 9.23 Å². The Labute approximate surface area is 100.0 Å². The number of hydrogen-bond donors (Lipinski definition) is 0. The summed E-state index contributed by atoms with van der Waals surface area (Å²) in [6, 6.07) is 8.53. The molecule has 1 aromatic rings. The van der Waals surface area contributed by atoms with E-state index >= 15 is 0 Å². The van der Waals surface area contributed by atoms with Crippen LogP contribution in [-0.2, 0) is 0 Å². The highest BCUT2D eigenvalue weighted by Gasteiger charge is 2.17. The van der Waals surface area contributed by atoms with Gasteiger partial charge >= 0.3 is 0 Å². The van der Waals surface area contributed by atoms with Gasteiger partial charge in [-0.2, -0.15) is 0 Å². The smallest absolute Gasteiger partial charge is 0.119 e. The monoisotopic (exact) mass is 240 g/mol. The lowest BCUT2D eigenvalue weighted by Gasteiger charge is -2.12. The molecule has 1 aliphatic heterocycles. The minimum absolute atomic E-state index is 0.256. The lowest BCUT2D eigenvalue weighted by Crippen LogP contribution is -2.05. The molecule has 0 unspecified atom stereocenters. The van der Waals surface area contributed by atoms with Crippen molar-refractivity contribution in [1.82, 2.24) is 0 Å². The van der Waals surface area contributed by atoms with Crippen LogP contribution in [0.4, 0.5) is 0 Å². The molecule has 0 saturated carbocycles. The standard InChI is InChI=1S/C12H16OS2/c1-9(2)13-11-5-3-10(4-6-11)12-14-7-8-15-12/h3-6,9,12H,7-8H2,1-2H3. The van der Waals surface area contributed by atoms with E-state index in [1.165, 1.54) is 17.1 Å². The van der Waals surface area contributed by atoms with E-state index in [9.17, 15) is 0 Å². The zero-order valence-corrected chi connectivity index (χ0v) is 10.7. The quantitative estimate of drug-likeness (QED) is 0.791. The lowest BCUT2D eigenvalue weighted by molar-refractivity contribution is 0.242. The van der Waals surface area contributed by atoms with Crippen LogP contribution in [0.2, 0.25) is 0 Å². The second-order valence-electron chi connectivity index (χ2n) is 3.81. The second kappa shape index (κ2) is 5.17. The van der Waals surface area contributed by atoms with Crippen LogP contribution in [0.25, 0.3) is 0 Å². The van der Waals surface area contributed by atoms with E-state index in [4.69, 9.17) is 4.74 Å². The minimum Gasteiger partial charge on any atom is -0.491 e. The van der Waals surface area contributed by atoms with Gasteiger partial charge in [-0.3, -0.25) is 0 Å². The van der Waals surface area contributed by atoms with Gasteiger partial charge in [0.05, 0.1) is 10.7 Å². The van der Waals surface area contributed by atoms with Crippen LogP contribution in [0.5, 0.6) is 5.75 Å². The molecule has 82 valence electrons. The largest absolute Gasteiger partial charge is 0.491 e. The molecule has 0 bridgehead atoms. The predicted molar refractivity (Wildman–Crippen MR) is 69.9 cm³/mol. The van der Waals surface area contributed by atoms with Crippen molar-refractivity contribution < 1.29 is 4.74 Å². The highest BCUT2D eigenvalue weighted by atomic mass is 32.2. The van der Waals surface area contributed by atoms with Gasteiger partial charge in [0.15, 0.2) is 0 Å². The van der Waals surface area contributed by atoms with E-state index in [1.54, 1.807) is 0 Å². The molecule has 0 aliphatic carbocycles. The van der Waals surface area contributed by atoms with Gasteiger partial charge in [-0.25, -0.2) is 0 Å². The van der Waals surface area contributed by atoms with E-state index < -0.39 is 0 Å². The molecule has 1 aromatic carbocycles. The van der Waals surface area contributed by atoms with E-state index in [-0.39, 0.29) is 6.10 Å². The maximum atomic E-state index is 5.62. The van der Waals surface area contributed by atoms with Crippen LogP contribution in [0.15, 0.2) is 24.3 Å². The lowest BCUT2D eigenvalue weighted by atomic mass is 10.2. The van der Waals surface area contributed by atoms with Gasteiger partial charge in [0.25, 0.3) is 0 Å². The Morgan fingerprint density at radius 3 is 2.27 bits per heavy atom. The molecule has 0 N–H and O–H groups in total. The van der Waals surface area contributed by atoms with E-state index in [2.05, 4.69) is 38.1 Å². The molecule has 0 aromatic heterocycles. The fraction of sp³-hybridized carbons (Fsp3) is 0.500. The number of benzene rings is 1. The van der Waals surface area contributed by atoms with E-state index in [0.29, 0.717) is 4.58 Å². The number of rotatable bonds is 3. The molecule has 1 fully saturated rings. The zero-order chi connectivity index (χ0) is 10.7. The summed E-state index contributed by atoms with van der Waals surface area (Å²) in [4.78, 5) is 0. The van der Waals surface area contributed by atoms with Crippen molar-refractivity contribution in [2.24, 2.45) is 0 Å². The minimum atomic E-state index is 0.256. The average molecular weight is 240 g/mol. The van der Waals surface area contributed by atoms with E-state index in [0.717, 1.165) is 5.75 Å². The highest BCUT2D eigenvalue weighted by molar-refractivity contribution is 8.19. The molecule has 0 radical (unpaired) electrons. The Hall–Kier alpha value is -0.280. The Morgan fingerprint density at radius 2 is 1.73 bits per heavy atom. The maximum absolute atomic E-state index is 5.62. The van der Waals surface area contributed by atoms with Crippen molar-refractivity contribution in [2.45, 2.75) is 24.5 Å². The summed E-state index contributed by atoms with van der Waals surface area (Å²) in [5, 5.41) is 0. The number of thioether (sulfide) groups is 2. The van der Waals surface area contributed by atoms with E-state index in [1.807, 2.05) is 23.5 Å². The second-order valence-corrected chi connectivity index (χ2v) is 6.53. The number of ether oxygens (including phenoxy) is 1. The molecule has 1 nitrogen and oxygen atoms in total. The van der Waals surface area contributed by atoms with Gasteiger partial charge in [0, 0.05) is 11.5 Å². The Balaban J connectivity index is 2.03. The number of hydrogen-bond acceptors (Lipinski definition) is 3. The molecule has 0 spiro atoms. The first-order valence-corrected chi connectivity index (χ1v) is 7.35. The van der Waals surface area contributed by atoms with Crippen LogP contribution >= 0.6 is 23.5 Å². The summed E-state index contributed by atoms with van der Waals surface area (Å²) in [6.45, 7) is 4.10. The molecular formula is C12H16OS2. The molecule has 15 heavy (non-hydrogen) atoms. The third kappa shape index (κ3) is 3.08. The fourth-order valence-electron chi connectivity index (χ4n) is 1.53. The molecular weight excluding hydrogens is 224 g/mol. The van der Waals surface area contributed by atoms with Crippen LogP contribution in [0.3, 0.4) is 0 Å². The van der Waals surface area contributed by atoms with Crippen molar-refractivity contribution >= 4 is 23.5 Å². The van der Waals surface area contributed by atoms with Crippen molar-refractivity contribution in [3.63, 3.8) is 0 Å². The van der Waals surface area contributed by atoms with Gasteiger partial charge in [0.1, 0.15) is 5.75 Å². The summed E-state index contributed by atoms with van der Waals surface area (Å²) >= 11 is 4.07. The first-order chi connectivity index (χ1) is 7.25. The van der Waals surface area contributed by atoms with Crippen molar-refractivity contribution in [3.05, 3.63) is 29.8 Å². The first kappa shape index (κ1) is 11.2. The van der Waals surface area contributed by atoms with Gasteiger partial charge in [-0.1, -0.05) is 12.1 Å². The SMILES string of the molecule is CC(C)Oc1ccc(C2SCCS2)cc1. The molecule has 1 aliphatic rings. The normalized spacial score (nSPS) is 17.3. The van der Waals surface area contributed by atoms with Gasteiger partial charge in [-0.15, -0.1) is 23.5 Å².